The van der Waals surface area contributed by atoms with Gasteiger partial charge in [-0.3, -0.25) is 9.69 Å². The molecule has 8 nitrogen and oxygen atoms in total. The van der Waals surface area contributed by atoms with Gasteiger partial charge in [0.15, 0.2) is 0 Å². The van der Waals surface area contributed by atoms with E-state index in [2.05, 4.69) is 10.2 Å². The summed E-state index contributed by atoms with van der Waals surface area (Å²) in [6.07, 6.45) is 3.04. The zero-order chi connectivity index (χ0) is 22.3. The van der Waals surface area contributed by atoms with Gasteiger partial charge in [0.1, 0.15) is 0 Å². The molecule has 1 aromatic rings. The van der Waals surface area contributed by atoms with E-state index in [0.717, 1.165) is 24.5 Å². The van der Waals surface area contributed by atoms with E-state index < -0.39 is 5.60 Å². The number of β-amino-alcohol motifs (C(OH)–C–C–N with tert-alkyl or cyclic N) is 1. The second kappa shape index (κ2) is 10.7. The lowest BCUT2D eigenvalue weighted by atomic mass is 10.1. The Balaban J connectivity index is 2.05. The highest BCUT2D eigenvalue weighted by molar-refractivity contribution is 5.98. The smallest absolute Gasteiger partial charge is 0.340 e. The Bertz CT molecular complexity index is 776. The normalized spacial score (nSPS) is 17.1. The number of hydrogen-bond donors (Lipinski definition) is 2. The van der Waals surface area contributed by atoms with E-state index >= 15 is 0 Å². The van der Waals surface area contributed by atoms with E-state index in [4.69, 9.17) is 9.47 Å². The van der Waals surface area contributed by atoms with Crippen LogP contribution in [0.25, 0.3) is 6.08 Å². The molecule has 168 valence electrons. The number of carbonyl (C=O) groups excluding carboxylic acids is 2. The van der Waals surface area contributed by atoms with Crippen molar-refractivity contribution in [2.45, 2.75) is 46.8 Å². The fraction of sp³-hybridized carbons (Fsp3) is 0.636. The number of morpholine rings is 1. The molecule has 1 amide bonds. The van der Waals surface area contributed by atoms with Crippen LogP contribution in [-0.2, 0) is 20.8 Å². The van der Waals surface area contributed by atoms with Crippen LogP contribution in [0.5, 0.6) is 0 Å². The van der Waals surface area contributed by atoms with Crippen LogP contribution < -0.4 is 5.32 Å². The average Bonchev–Trinajstić information content (AvgIpc) is 2.94. The second-order valence-corrected chi connectivity index (χ2v) is 7.86. The SMILES string of the molecule is CCOC(=O)c1c(/C=C/C(=O)NC[C@@](C)(O)CN2CCOCC2)c(C)n(CC)c1C. The van der Waals surface area contributed by atoms with E-state index in [9.17, 15) is 14.7 Å². The average molecular weight is 422 g/mol. The van der Waals surface area contributed by atoms with Crippen LogP contribution in [0.2, 0.25) is 0 Å². The van der Waals surface area contributed by atoms with Crippen molar-refractivity contribution in [1.29, 1.82) is 0 Å². The first-order valence-corrected chi connectivity index (χ1v) is 10.5. The van der Waals surface area contributed by atoms with E-state index in [1.165, 1.54) is 6.08 Å². The molecule has 0 radical (unpaired) electrons. The van der Waals surface area contributed by atoms with Crippen LogP contribution in [0.3, 0.4) is 0 Å². The van der Waals surface area contributed by atoms with Gasteiger partial charge in [-0.2, -0.15) is 0 Å². The van der Waals surface area contributed by atoms with E-state index in [1.54, 1.807) is 19.9 Å². The number of carbonyl (C=O) groups is 2. The fourth-order valence-electron chi connectivity index (χ4n) is 3.84. The van der Waals surface area contributed by atoms with E-state index in [0.29, 0.717) is 37.4 Å². The minimum atomic E-state index is -1.05. The number of nitrogens with one attached hydrogen (secondary N) is 1. The molecule has 1 atom stereocenters. The van der Waals surface area contributed by atoms with Crippen molar-refractivity contribution in [3.05, 3.63) is 28.6 Å². The van der Waals surface area contributed by atoms with Crippen LogP contribution in [-0.4, -0.2) is 78.1 Å². The fourth-order valence-corrected chi connectivity index (χ4v) is 3.84. The first-order valence-electron chi connectivity index (χ1n) is 10.5. The number of esters is 1. The first-order chi connectivity index (χ1) is 14.2. The first kappa shape index (κ1) is 24.1. The Kier molecular flexibility index (Phi) is 8.64. The molecular weight excluding hydrogens is 386 g/mol. The summed E-state index contributed by atoms with van der Waals surface area (Å²) in [7, 11) is 0. The van der Waals surface area contributed by atoms with Crippen molar-refractivity contribution in [3.63, 3.8) is 0 Å². The van der Waals surface area contributed by atoms with Gasteiger partial charge in [0.05, 0.1) is 31.0 Å². The molecule has 8 heteroatoms. The van der Waals surface area contributed by atoms with Gasteiger partial charge in [0.2, 0.25) is 5.91 Å². The third-order valence-electron chi connectivity index (χ3n) is 5.34. The molecule has 0 saturated carbocycles. The van der Waals surface area contributed by atoms with Crippen LogP contribution >= 0.6 is 0 Å². The van der Waals surface area contributed by atoms with Gasteiger partial charge in [-0.05, 0) is 40.7 Å². The number of hydrogen-bond acceptors (Lipinski definition) is 6. The van der Waals surface area contributed by atoms with Crippen molar-refractivity contribution in [2.75, 3.05) is 46.0 Å². The summed E-state index contributed by atoms with van der Waals surface area (Å²) in [6, 6.07) is 0. The van der Waals surface area contributed by atoms with Crippen LogP contribution in [0.4, 0.5) is 0 Å². The molecule has 2 rings (SSSR count). The number of rotatable bonds is 9. The zero-order valence-corrected chi connectivity index (χ0v) is 18.8. The molecule has 0 unspecified atom stereocenters. The van der Waals surface area contributed by atoms with Crippen molar-refractivity contribution in [3.8, 4) is 0 Å². The van der Waals surface area contributed by atoms with Gasteiger partial charge >= 0.3 is 5.97 Å². The third-order valence-corrected chi connectivity index (χ3v) is 5.34. The predicted molar refractivity (Wildman–Crippen MR) is 115 cm³/mol. The Morgan fingerprint density at radius 1 is 1.23 bits per heavy atom. The number of aromatic nitrogens is 1. The van der Waals surface area contributed by atoms with Gasteiger partial charge in [-0.25, -0.2) is 4.79 Å². The molecule has 30 heavy (non-hydrogen) atoms. The van der Waals surface area contributed by atoms with Crippen molar-refractivity contribution in [2.24, 2.45) is 0 Å². The summed E-state index contributed by atoms with van der Waals surface area (Å²) >= 11 is 0. The van der Waals surface area contributed by atoms with Crippen molar-refractivity contribution in [1.82, 2.24) is 14.8 Å². The lowest BCUT2D eigenvalue weighted by Gasteiger charge is -2.33. The maximum Gasteiger partial charge on any atom is 0.340 e. The third kappa shape index (κ3) is 6.17. The van der Waals surface area contributed by atoms with E-state index in [-0.39, 0.29) is 25.0 Å². The summed E-state index contributed by atoms with van der Waals surface area (Å²) in [5.41, 5.74) is 1.85. The molecule has 2 heterocycles. The Morgan fingerprint density at radius 3 is 2.50 bits per heavy atom. The molecule has 2 N–H and O–H groups in total. The van der Waals surface area contributed by atoms with Gasteiger partial charge < -0.3 is 24.5 Å². The maximum absolute atomic E-state index is 12.4. The lowest BCUT2D eigenvalue weighted by molar-refractivity contribution is -0.117. The number of ether oxygens (including phenoxy) is 2. The number of nitrogens with zero attached hydrogens (tertiary/aromatic N) is 2. The minimum absolute atomic E-state index is 0.131. The lowest BCUT2D eigenvalue weighted by Crippen LogP contribution is -2.51. The second-order valence-electron chi connectivity index (χ2n) is 7.86. The van der Waals surface area contributed by atoms with Crippen LogP contribution in [0, 0.1) is 13.8 Å². The van der Waals surface area contributed by atoms with E-state index in [1.807, 2.05) is 25.3 Å². The summed E-state index contributed by atoms with van der Waals surface area (Å²) in [5.74, 6) is -0.716. The Morgan fingerprint density at radius 2 is 1.90 bits per heavy atom. The molecular formula is C22H35N3O5. The monoisotopic (exact) mass is 421 g/mol. The molecule has 0 aliphatic carbocycles. The van der Waals surface area contributed by atoms with Crippen molar-refractivity contribution >= 4 is 18.0 Å². The maximum atomic E-state index is 12.4. The zero-order valence-electron chi connectivity index (χ0n) is 18.8. The molecule has 1 fully saturated rings. The highest BCUT2D eigenvalue weighted by Gasteiger charge is 2.26. The largest absolute Gasteiger partial charge is 0.462 e. The molecule has 0 aromatic carbocycles. The molecule has 1 saturated heterocycles. The van der Waals surface area contributed by atoms with Gasteiger partial charge in [0, 0.05) is 55.8 Å². The minimum Gasteiger partial charge on any atom is -0.462 e. The number of amides is 1. The number of aliphatic hydroxyl groups is 1. The molecule has 1 aromatic heterocycles. The summed E-state index contributed by atoms with van der Waals surface area (Å²) < 4.78 is 12.5. The van der Waals surface area contributed by atoms with Crippen LogP contribution in [0.1, 0.15) is 48.1 Å². The summed E-state index contributed by atoms with van der Waals surface area (Å²) in [5, 5.41) is 13.4. The highest BCUT2D eigenvalue weighted by atomic mass is 16.5. The van der Waals surface area contributed by atoms with Crippen LogP contribution in [0.15, 0.2) is 6.08 Å². The predicted octanol–water partition coefficient (Wildman–Crippen LogP) is 1.51. The van der Waals surface area contributed by atoms with Gasteiger partial charge in [0.25, 0.3) is 0 Å². The summed E-state index contributed by atoms with van der Waals surface area (Å²) in [4.78, 5) is 26.9. The Hall–Kier alpha value is -2.16. The highest BCUT2D eigenvalue weighted by Crippen LogP contribution is 2.25. The van der Waals surface area contributed by atoms with Gasteiger partial charge in [-0.15, -0.1) is 0 Å². The summed E-state index contributed by atoms with van der Waals surface area (Å²) in [6.45, 7) is 13.7. The molecule has 0 spiro atoms. The quantitative estimate of drug-likeness (QED) is 0.464. The molecule has 1 aliphatic rings. The van der Waals surface area contributed by atoms with Crippen molar-refractivity contribution < 1.29 is 24.2 Å². The Labute approximate surface area is 178 Å². The molecule has 0 bridgehead atoms. The van der Waals surface area contributed by atoms with Gasteiger partial charge in [-0.1, -0.05) is 0 Å². The topological polar surface area (TPSA) is 93.0 Å². The molecule has 1 aliphatic heterocycles. The standard InChI is InChI=1S/C22H35N3O5/c1-6-25-16(3)18(20(17(25)4)21(27)30-7-2)8-9-19(26)23-14-22(5,28)15-24-10-12-29-13-11-24/h8-9,28H,6-7,10-15H2,1-5H3,(H,23,26)/b9-8+/t22-/m1/s1.